The third-order valence-electron chi connectivity index (χ3n) is 2.01. The van der Waals surface area contributed by atoms with Crippen LogP contribution in [-0.4, -0.2) is 11.1 Å². The van der Waals surface area contributed by atoms with Crippen molar-refractivity contribution in [2.45, 2.75) is 12.5 Å². The first-order valence-electron chi connectivity index (χ1n) is 4.35. The largest absolute Gasteiger partial charge is 0.478 e. The molecule has 0 unspecified atom stereocenters. The maximum atomic E-state index is 10.8. The number of hydrogen-bond donors (Lipinski definition) is 2. The molecule has 4 heteroatoms. The zero-order chi connectivity index (χ0) is 10.6. The third kappa shape index (κ3) is 3.38. The second kappa shape index (κ2) is 6.22. The number of carbonyl (C=O) groups is 1. The molecular weight excluding hydrogens is 214 g/mol. The number of hydrogen-bond acceptors (Lipinski definition) is 2. The third-order valence-corrected chi connectivity index (χ3v) is 2.01. The van der Waals surface area contributed by atoms with Gasteiger partial charge >= 0.3 is 5.97 Å². The summed E-state index contributed by atoms with van der Waals surface area (Å²) in [6, 6.07) is 6.47. The van der Waals surface area contributed by atoms with Gasteiger partial charge in [-0.15, -0.1) is 19.0 Å². The fourth-order valence-electron chi connectivity index (χ4n) is 1.32. The maximum Gasteiger partial charge on any atom is 0.336 e. The second-order valence-electron chi connectivity index (χ2n) is 3.02. The molecule has 0 bridgehead atoms. The Labute approximate surface area is 95.0 Å². The molecule has 15 heavy (non-hydrogen) atoms. The number of carboxylic acid groups (broad SMARTS) is 1. The molecule has 0 amide bonds. The summed E-state index contributed by atoms with van der Waals surface area (Å²) in [7, 11) is 0. The van der Waals surface area contributed by atoms with Crippen molar-refractivity contribution in [2.75, 3.05) is 0 Å². The number of nitrogens with two attached hydrogens (primary N) is 1. The van der Waals surface area contributed by atoms with Crippen molar-refractivity contribution in [3.8, 4) is 0 Å². The molecule has 0 spiro atoms. The highest BCUT2D eigenvalue weighted by Crippen LogP contribution is 2.18. The van der Waals surface area contributed by atoms with Crippen LogP contribution in [-0.2, 0) is 0 Å². The normalized spacial score (nSPS) is 11.3. The summed E-state index contributed by atoms with van der Waals surface area (Å²) in [6.07, 6.45) is 2.26. The van der Waals surface area contributed by atoms with Crippen LogP contribution in [0.2, 0.25) is 0 Å². The first-order chi connectivity index (χ1) is 6.66. The van der Waals surface area contributed by atoms with Crippen LogP contribution >= 0.6 is 12.4 Å². The summed E-state index contributed by atoms with van der Waals surface area (Å²) in [6.45, 7) is 3.57. The SMILES string of the molecule is C=CC[C@@H](N)c1ccccc1C(=O)O.Cl. The molecule has 1 aromatic rings. The van der Waals surface area contributed by atoms with Gasteiger partial charge in [0.05, 0.1) is 5.56 Å². The van der Waals surface area contributed by atoms with Crippen LogP contribution < -0.4 is 5.73 Å². The fraction of sp³-hybridized carbons (Fsp3) is 0.182. The molecule has 0 fully saturated rings. The quantitative estimate of drug-likeness (QED) is 0.777. The van der Waals surface area contributed by atoms with Crippen LogP contribution in [0.4, 0.5) is 0 Å². The van der Waals surface area contributed by atoms with Gasteiger partial charge in [0.1, 0.15) is 0 Å². The van der Waals surface area contributed by atoms with E-state index in [-0.39, 0.29) is 24.0 Å². The van der Waals surface area contributed by atoms with Gasteiger partial charge in [0, 0.05) is 6.04 Å². The van der Waals surface area contributed by atoms with Crippen molar-refractivity contribution in [1.29, 1.82) is 0 Å². The predicted octanol–water partition coefficient (Wildman–Crippen LogP) is 2.38. The minimum atomic E-state index is -0.944. The van der Waals surface area contributed by atoms with E-state index in [4.69, 9.17) is 10.8 Å². The lowest BCUT2D eigenvalue weighted by Gasteiger charge is -2.11. The standard InChI is InChI=1S/C11H13NO2.ClH/c1-2-5-10(12)8-6-3-4-7-9(8)11(13)14;/h2-4,6-7,10H,1,5,12H2,(H,13,14);1H/t10-;/m1./s1. The van der Waals surface area contributed by atoms with E-state index < -0.39 is 5.97 Å². The van der Waals surface area contributed by atoms with Gasteiger partial charge in [-0.1, -0.05) is 24.3 Å². The van der Waals surface area contributed by atoms with Crippen molar-refractivity contribution in [3.05, 3.63) is 48.0 Å². The molecular formula is C11H14ClNO2. The predicted molar refractivity (Wildman–Crippen MR) is 62.4 cm³/mol. The van der Waals surface area contributed by atoms with Crippen molar-refractivity contribution < 1.29 is 9.90 Å². The molecule has 0 saturated carbocycles. The van der Waals surface area contributed by atoms with Gasteiger partial charge in [0.2, 0.25) is 0 Å². The number of aromatic carboxylic acids is 1. The van der Waals surface area contributed by atoms with E-state index in [0.717, 1.165) is 0 Å². The Kier molecular flexibility index (Phi) is 5.67. The van der Waals surface area contributed by atoms with Crippen LogP contribution in [0.25, 0.3) is 0 Å². The molecule has 3 N–H and O–H groups in total. The highest BCUT2D eigenvalue weighted by atomic mass is 35.5. The Hall–Kier alpha value is -1.32. The average molecular weight is 228 g/mol. The minimum absolute atomic E-state index is 0. The minimum Gasteiger partial charge on any atom is -0.478 e. The van der Waals surface area contributed by atoms with Crippen LogP contribution in [0.3, 0.4) is 0 Å². The van der Waals surface area contributed by atoms with Crippen LogP contribution in [0.5, 0.6) is 0 Å². The molecule has 82 valence electrons. The Balaban J connectivity index is 0.00000196. The first kappa shape index (κ1) is 13.7. The summed E-state index contributed by atoms with van der Waals surface area (Å²) in [5.74, 6) is -0.944. The van der Waals surface area contributed by atoms with E-state index in [1.807, 2.05) is 0 Å². The van der Waals surface area contributed by atoms with Crippen molar-refractivity contribution >= 4 is 18.4 Å². The fourth-order valence-corrected chi connectivity index (χ4v) is 1.32. The van der Waals surface area contributed by atoms with E-state index in [9.17, 15) is 4.79 Å². The highest BCUT2D eigenvalue weighted by Gasteiger charge is 2.13. The van der Waals surface area contributed by atoms with Crippen molar-refractivity contribution in [3.63, 3.8) is 0 Å². The monoisotopic (exact) mass is 227 g/mol. The molecule has 1 aromatic carbocycles. The van der Waals surface area contributed by atoms with Crippen LogP contribution in [0.1, 0.15) is 28.4 Å². The van der Waals surface area contributed by atoms with Crippen molar-refractivity contribution in [2.24, 2.45) is 5.73 Å². The lowest BCUT2D eigenvalue weighted by Crippen LogP contribution is -2.14. The summed E-state index contributed by atoms with van der Waals surface area (Å²) in [4.78, 5) is 10.8. The topological polar surface area (TPSA) is 63.3 Å². The molecule has 0 aliphatic carbocycles. The van der Waals surface area contributed by atoms with Crippen molar-refractivity contribution in [1.82, 2.24) is 0 Å². The van der Waals surface area contributed by atoms with E-state index in [1.54, 1.807) is 30.3 Å². The highest BCUT2D eigenvalue weighted by molar-refractivity contribution is 5.89. The van der Waals surface area contributed by atoms with Gasteiger partial charge in [-0.25, -0.2) is 4.79 Å². The smallest absolute Gasteiger partial charge is 0.336 e. The lowest BCUT2D eigenvalue weighted by molar-refractivity contribution is 0.0695. The Bertz CT molecular complexity index is 352. The zero-order valence-corrected chi connectivity index (χ0v) is 9.04. The molecule has 1 rings (SSSR count). The Morgan fingerprint density at radius 2 is 2.13 bits per heavy atom. The van der Waals surface area contributed by atoms with Gasteiger partial charge in [-0.2, -0.15) is 0 Å². The van der Waals surface area contributed by atoms with E-state index in [2.05, 4.69) is 6.58 Å². The molecule has 1 atom stereocenters. The number of halogens is 1. The molecule has 0 saturated heterocycles. The second-order valence-corrected chi connectivity index (χ2v) is 3.02. The van der Waals surface area contributed by atoms with Crippen LogP contribution in [0, 0.1) is 0 Å². The summed E-state index contributed by atoms with van der Waals surface area (Å²) in [5.41, 5.74) is 6.73. The zero-order valence-electron chi connectivity index (χ0n) is 8.22. The van der Waals surface area contributed by atoms with Crippen LogP contribution in [0.15, 0.2) is 36.9 Å². The summed E-state index contributed by atoms with van der Waals surface area (Å²) >= 11 is 0. The van der Waals surface area contributed by atoms with Gasteiger partial charge in [0.25, 0.3) is 0 Å². The molecule has 0 radical (unpaired) electrons. The Morgan fingerprint density at radius 1 is 1.53 bits per heavy atom. The van der Waals surface area contributed by atoms with Gasteiger partial charge < -0.3 is 10.8 Å². The van der Waals surface area contributed by atoms with Gasteiger partial charge in [0.15, 0.2) is 0 Å². The van der Waals surface area contributed by atoms with E-state index >= 15 is 0 Å². The first-order valence-corrected chi connectivity index (χ1v) is 4.35. The number of benzene rings is 1. The van der Waals surface area contributed by atoms with Gasteiger partial charge in [-0.05, 0) is 18.1 Å². The molecule has 0 aliphatic rings. The van der Waals surface area contributed by atoms with E-state index in [1.165, 1.54) is 0 Å². The summed E-state index contributed by atoms with van der Waals surface area (Å²) < 4.78 is 0. The molecule has 3 nitrogen and oxygen atoms in total. The molecule has 0 aliphatic heterocycles. The molecule has 0 aromatic heterocycles. The van der Waals surface area contributed by atoms with E-state index in [0.29, 0.717) is 12.0 Å². The molecule has 0 heterocycles. The lowest BCUT2D eigenvalue weighted by atomic mass is 9.99. The number of carboxylic acids is 1. The summed E-state index contributed by atoms with van der Waals surface area (Å²) in [5, 5.41) is 8.90. The Morgan fingerprint density at radius 3 is 2.67 bits per heavy atom. The maximum absolute atomic E-state index is 10.8. The number of rotatable bonds is 4. The average Bonchev–Trinajstić information content (AvgIpc) is 2.18. The van der Waals surface area contributed by atoms with Gasteiger partial charge in [-0.3, -0.25) is 0 Å².